The minimum atomic E-state index is -0.703. The summed E-state index contributed by atoms with van der Waals surface area (Å²) in [6, 6.07) is -0.503. The van der Waals surface area contributed by atoms with E-state index in [1.165, 1.54) is 0 Å². The van der Waals surface area contributed by atoms with Gasteiger partial charge in [-0.1, -0.05) is 6.42 Å². The molecule has 23 heavy (non-hydrogen) atoms. The van der Waals surface area contributed by atoms with Gasteiger partial charge in [-0.15, -0.1) is 0 Å². The zero-order chi connectivity index (χ0) is 17.3. The molecular weight excluding hydrogens is 298 g/mol. The van der Waals surface area contributed by atoms with Crippen LogP contribution < -0.4 is 16.2 Å². The molecule has 0 saturated heterocycles. The predicted octanol–water partition coefficient (Wildman–Crippen LogP) is 2.00. The number of hydrogen-bond donors (Lipinski definition) is 4. The third-order valence-electron chi connectivity index (χ3n) is 3.45. The third kappa shape index (κ3) is 7.92. The Kier molecular flexibility index (Phi) is 7.41. The van der Waals surface area contributed by atoms with E-state index in [1.54, 1.807) is 0 Å². The highest BCUT2D eigenvalue weighted by atomic mass is 16.3. The zero-order valence-corrected chi connectivity index (χ0v) is 14.3. The number of hydrazine groups is 1. The lowest BCUT2D eigenvalue weighted by atomic mass is 9.89. The topological polar surface area (TPSA) is 115 Å². The smallest absolute Gasteiger partial charge is 0.335 e. The number of aliphatic hydroxyl groups is 1. The lowest BCUT2D eigenvalue weighted by molar-refractivity contribution is -0.122. The van der Waals surface area contributed by atoms with E-state index < -0.39 is 11.7 Å². The monoisotopic (exact) mass is 327 g/mol. The fourth-order valence-corrected chi connectivity index (χ4v) is 2.30. The molecule has 1 aliphatic rings. The first-order valence-electron chi connectivity index (χ1n) is 8.18. The van der Waals surface area contributed by atoms with Gasteiger partial charge in [-0.3, -0.25) is 10.2 Å². The molecule has 0 spiro atoms. The first-order chi connectivity index (χ1) is 10.8. The summed E-state index contributed by atoms with van der Waals surface area (Å²) in [5.41, 5.74) is 3.63. The molecule has 8 heteroatoms. The zero-order valence-electron chi connectivity index (χ0n) is 14.3. The Morgan fingerprint density at radius 2 is 1.78 bits per heavy atom. The Balaban J connectivity index is 2.58. The van der Waals surface area contributed by atoms with Gasteiger partial charge in [-0.2, -0.15) is 10.2 Å². The Morgan fingerprint density at radius 3 is 2.35 bits per heavy atom. The minimum Gasteiger partial charge on any atom is -0.396 e. The Hall–Kier alpha value is -1.70. The van der Waals surface area contributed by atoms with Gasteiger partial charge < -0.3 is 10.4 Å². The van der Waals surface area contributed by atoms with E-state index in [-0.39, 0.29) is 24.5 Å². The molecule has 0 atom stereocenters. The summed E-state index contributed by atoms with van der Waals surface area (Å²) in [6.45, 7) is 5.80. The van der Waals surface area contributed by atoms with Crippen molar-refractivity contribution in [3.8, 4) is 0 Å². The van der Waals surface area contributed by atoms with Crippen LogP contribution in [0, 0.1) is 0 Å². The van der Waals surface area contributed by atoms with E-state index in [0.29, 0.717) is 6.42 Å². The second kappa shape index (κ2) is 8.81. The number of carbonyl (C=O) groups excluding carboxylic acids is 2. The van der Waals surface area contributed by atoms with Gasteiger partial charge in [0.05, 0.1) is 5.54 Å². The van der Waals surface area contributed by atoms with E-state index in [4.69, 9.17) is 5.11 Å². The quantitative estimate of drug-likeness (QED) is 0.457. The van der Waals surface area contributed by atoms with Crippen LogP contribution in [0.1, 0.15) is 65.7 Å². The van der Waals surface area contributed by atoms with Gasteiger partial charge in [0.25, 0.3) is 0 Å². The van der Waals surface area contributed by atoms with E-state index in [0.717, 1.165) is 32.1 Å². The van der Waals surface area contributed by atoms with Crippen molar-refractivity contribution in [3.05, 3.63) is 0 Å². The second-order valence-electron chi connectivity index (χ2n) is 6.92. The van der Waals surface area contributed by atoms with Crippen molar-refractivity contribution in [1.29, 1.82) is 0 Å². The molecule has 1 fully saturated rings. The number of rotatable bonds is 5. The van der Waals surface area contributed by atoms with Crippen LogP contribution in [-0.4, -0.2) is 34.9 Å². The molecule has 132 valence electrons. The van der Waals surface area contributed by atoms with E-state index in [1.807, 2.05) is 20.8 Å². The molecule has 1 aliphatic carbocycles. The van der Waals surface area contributed by atoms with Crippen molar-refractivity contribution in [2.24, 2.45) is 10.2 Å². The van der Waals surface area contributed by atoms with Crippen LogP contribution in [-0.2, 0) is 4.79 Å². The Morgan fingerprint density at radius 1 is 1.13 bits per heavy atom. The fraction of sp³-hybridized carbons (Fsp3) is 0.867. The summed E-state index contributed by atoms with van der Waals surface area (Å²) in [7, 11) is 0. The number of aliphatic hydroxyl groups excluding tert-OH is 1. The molecule has 4 N–H and O–H groups in total. The fourth-order valence-electron chi connectivity index (χ4n) is 2.30. The van der Waals surface area contributed by atoms with Gasteiger partial charge in [0, 0.05) is 13.0 Å². The first-order valence-corrected chi connectivity index (χ1v) is 8.18. The Labute approximate surface area is 137 Å². The summed E-state index contributed by atoms with van der Waals surface area (Å²) >= 11 is 0. The van der Waals surface area contributed by atoms with E-state index in [9.17, 15) is 9.59 Å². The summed E-state index contributed by atoms with van der Waals surface area (Å²) in [5.74, 6) is -0.344. The number of urea groups is 1. The van der Waals surface area contributed by atoms with Gasteiger partial charge >= 0.3 is 6.03 Å². The molecule has 0 unspecified atom stereocenters. The van der Waals surface area contributed by atoms with Crippen molar-refractivity contribution >= 4 is 11.9 Å². The van der Waals surface area contributed by atoms with Crippen LogP contribution in [0.15, 0.2) is 10.2 Å². The van der Waals surface area contributed by atoms with Crippen molar-refractivity contribution in [3.63, 3.8) is 0 Å². The van der Waals surface area contributed by atoms with Crippen LogP contribution >= 0.6 is 0 Å². The number of amides is 3. The number of carbonyl (C=O) groups is 2. The standard InChI is InChI=1S/C15H29N5O3/c1-14(2,3)19-20-15(9-5-4-6-10-15)16-13(23)18-17-12(22)8-7-11-21/h21H,4-11H2,1-3H3,(H,17,22)(H2,16,18,23)/b20-19+. The van der Waals surface area contributed by atoms with Gasteiger partial charge in [0.1, 0.15) is 0 Å². The minimum absolute atomic E-state index is 0.0596. The molecule has 1 saturated carbocycles. The third-order valence-corrected chi connectivity index (χ3v) is 3.45. The first kappa shape index (κ1) is 19.3. The second-order valence-corrected chi connectivity index (χ2v) is 6.92. The molecule has 0 radical (unpaired) electrons. The van der Waals surface area contributed by atoms with Crippen molar-refractivity contribution in [2.75, 3.05) is 6.61 Å². The van der Waals surface area contributed by atoms with E-state index in [2.05, 4.69) is 26.4 Å². The molecule has 3 amide bonds. The lowest BCUT2D eigenvalue weighted by Gasteiger charge is -2.34. The van der Waals surface area contributed by atoms with Crippen molar-refractivity contribution in [2.45, 2.75) is 76.9 Å². The summed E-state index contributed by atoms with van der Waals surface area (Å²) in [5, 5.41) is 20.2. The summed E-state index contributed by atoms with van der Waals surface area (Å²) in [4.78, 5) is 23.5. The van der Waals surface area contributed by atoms with Crippen molar-refractivity contribution in [1.82, 2.24) is 16.2 Å². The summed E-state index contributed by atoms with van der Waals surface area (Å²) < 4.78 is 0. The molecular formula is C15H29N5O3. The van der Waals surface area contributed by atoms with Crippen LogP contribution in [0.2, 0.25) is 0 Å². The van der Waals surface area contributed by atoms with Gasteiger partial charge in [-0.25, -0.2) is 10.2 Å². The molecule has 0 bridgehead atoms. The average Bonchev–Trinajstić information content (AvgIpc) is 2.49. The largest absolute Gasteiger partial charge is 0.396 e. The number of nitrogens with zero attached hydrogens (tertiary/aromatic N) is 2. The average molecular weight is 327 g/mol. The predicted molar refractivity (Wildman–Crippen MR) is 86.6 cm³/mol. The number of hydrogen-bond acceptors (Lipinski definition) is 5. The van der Waals surface area contributed by atoms with Gasteiger partial charge in [0.15, 0.2) is 5.66 Å². The maximum Gasteiger partial charge on any atom is 0.335 e. The van der Waals surface area contributed by atoms with Crippen molar-refractivity contribution < 1.29 is 14.7 Å². The molecule has 0 heterocycles. The normalized spacial score (nSPS) is 17.7. The van der Waals surface area contributed by atoms with Gasteiger partial charge in [0.2, 0.25) is 5.91 Å². The molecule has 1 rings (SSSR count). The highest BCUT2D eigenvalue weighted by Gasteiger charge is 2.34. The van der Waals surface area contributed by atoms with Crippen LogP contribution in [0.4, 0.5) is 4.79 Å². The maximum atomic E-state index is 12.0. The number of nitrogens with one attached hydrogen (secondary N) is 3. The molecule has 0 aromatic rings. The summed E-state index contributed by atoms with van der Waals surface area (Å²) in [6.07, 6.45) is 5.06. The molecule has 0 aromatic heterocycles. The molecule has 8 nitrogen and oxygen atoms in total. The number of azo groups is 1. The SMILES string of the molecule is CC(C)(C)/N=N/C1(NC(=O)NNC(=O)CCCO)CCCCC1. The van der Waals surface area contributed by atoms with E-state index >= 15 is 0 Å². The lowest BCUT2D eigenvalue weighted by Crippen LogP contribution is -2.55. The Bertz CT molecular complexity index is 425. The van der Waals surface area contributed by atoms with Crippen LogP contribution in [0.25, 0.3) is 0 Å². The molecule has 0 aliphatic heterocycles. The van der Waals surface area contributed by atoms with Gasteiger partial charge in [-0.05, 0) is 52.9 Å². The highest BCUT2D eigenvalue weighted by molar-refractivity contribution is 5.81. The highest BCUT2D eigenvalue weighted by Crippen LogP contribution is 2.30. The molecule has 0 aromatic carbocycles. The van der Waals surface area contributed by atoms with Crippen LogP contribution in [0.3, 0.4) is 0 Å². The van der Waals surface area contributed by atoms with Crippen LogP contribution in [0.5, 0.6) is 0 Å². The maximum absolute atomic E-state index is 12.0.